The van der Waals surface area contributed by atoms with Gasteiger partial charge in [-0.25, -0.2) is 4.79 Å². The van der Waals surface area contributed by atoms with Crippen molar-refractivity contribution in [2.45, 2.75) is 64.5 Å². The molecule has 5 heteroatoms. The molecule has 1 amide bonds. The number of piperidine rings is 1. The molecule has 0 saturated carbocycles. The van der Waals surface area contributed by atoms with Crippen molar-refractivity contribution in [3.63, 3.8) is 0 Å². The molecular formula is C14H26N2O3. The Kier molecular flexibility index (Phi) is 6.84. The summed E-state index contributed by atoms with van der Waals surface area (Å²) in [6.07, 6.45) is 4.75. The zero-order chi connectivity index (χ0) is 14.3. The van der Waals surface area contributed by atoms with Gasteiger partial charge in [-0.15, -0.1) is 0 Å². The van der Waals surface area contributed by atoms with Gasteiger partial charge in [-0.2, -0.15) is 0 Å². The summed E-state index contributed by atoms with van der Waals surface area (Å²) in [6, 6.07) is -0.258. The van der Waals surface area contributed by atoms with Crippen molar-refractivity contribution in [2.24, 2.45) is 5.73 Å². The van der Waals surface area contributed by atoms with Crippen molar-refractivity contribution >= 4 is 11.9 Å². The summed E-state index contributed by atoms with van der Waals surface area (Å²) in [7, 11) is 0. The molecule has 0 aromatic carbocycles. The molecule has 5 nitrogen and oxygen atoms in total. The quantitative estimate of drug-likeness (QED) is 0.741. The Hall–Kier alpha value is -1.10. The molecule has 2 atom stereocenters. The van der Waals surface area contributed by atoms with Crippen LogP contribution in [0.25, 0.3) is 0 Å². The third-order valence-corrected chi connectivity index (χ3v) is 3.43. The fourth-order valence-corrected chi connectivity index (χ4v) is 2.43. The van der Waals surface area contributed by atoms with Gasteiger partial charge in [0.2, 0.25) is 5.91 Å². The van der Waals surface area contributed by atoms with Gasteiger partial charge in [0.1, 0.15) is 6.04 Å². The second-order valence-corrected chi connectivity index (χ2v) is 5.22. The van der Waals surface area contributed by atoms with Crippen molar-refractivity contribution in [1.29, 1.82) is 0 Å². The van der Waals surface area contributed by atoms with Gasteiger partial charge in [-0.1, -0.05) is 0 Å². The van der Waals surface area contributed by atoms with Crippen LogP contribution in [0.15, 0.2) is 0 Å². The third kappa shape index (κ3) is 5.19. The van der Waals surface area contributed by atoms with E-state index in [1.54, 1.807) is 11.8 Å². The highest BCUT2D eigenvalue weighted by Crippen LogP contribution is 2.20. The summed E-state index contributed by atoms with van der Waals surface area (Å²) in [5, 5.41) is 0. The molecule has 19 heavy (non-hydrogen) atoms. The van der Waals surface area contributed by atoms with E-state index in [0.29, 0.717) is 19.6 Å². The van der Waals surface area contributed by atoms with E-state index in [2.05, 4.69) is 0 Å². The number of nitrogens with two attached hydrogens (primary N) is 1. The minimum Gasteiger partial charge on any atom is -0.464 e. The lowest BCUT2D eigenvalue weighted by Gasteiger charge is -2.34. The van der Waals surface area contributed by atoms with E-state index in [4.69, 9.17) is 10.5 Å². The number of amides is 1. The van der Waals surface area contributed by atoms with Gasteiger partial charge in [0.05, 0.1) is 6.61 Å². The summed E-state index contributed by atoms with van der Waals surface area (Å²) >= 11 is 0. The Balaban J connectivity index is 2.51. The van der Waals surface area contributed by atoms with E-state index in [1.165, 1.54) is 0 Å². The number of hydrogen-bond donors (Lipinski definition) is 1. The Labute approximate surface area is 115 Å². The van der Waals surface area contributed by atoms with E-state index in [9.17, 15) is 9.59 Å². The molecule has 1 heterocycles. The summed E-state index contributed by atoms with van der Waals surface area (Å²) in [4.78, 5) is 25.7. The zero-order valence-corrected chi connectivity index (χ0v) is 12.1. The van der Waals surface area contributed by atoms with E-state index in [1.807, 2.05) is 6.92 Å². The number of nitrogens with zero attached hydrogens (tertiary/aromatic N) is 1. The molecule has 1 rings (SSSR count). The maximum atomic E-state index is 12.2. The molecule has 1 fully saturated rings. The minimum atomic E-state index is -0.378. The van der Waals surface area contributed by atoms with Crippen molar-refractivity contribution in [2.75, 3.05) is 13.2 Å². The maximum Gasteiger partial charge on any atom is 0.328 e. The first kappa shape index (κ1) is 16.0. The topological polar surface area (TPSA) is 72.6 Å². The monoisotopic (exact) mass is 270 g/mol. The van der Waals surface area contributed by atoms with Gasteiger partial charge in [0.25, 0.3) is 0 Å². The Morgan fingerprint density at radius 1 is 1.42 bits per heavy atom. The number of ether oxygens (including phenoxy) is 1. The first-order valence-electron chi connectivity index (χ1n) is 7.28. The molecule has 0 aromatic heterocycles. The van der Waals surface area contributed by atoms with Gasteiger partial charge in [-0.05, 0) is 46.0 Å². The number of esters is 1. The van der Waals surface area contributed by atoms with Crippen molar-refractivity contribution in [1.82, 2.24) is 4.90 Å². The largest absolute Gasteiger partial charge is 0.464 e. The second-order valence-electron chi connectivity index (χ2n) is 5.22. The molecule has 0 bridgehead atoms. The SMILES string of the molecule is CCOC(=O)C1CCCCN1C(=O)CCCC(C)N. The molecule has 0 aliphatic carbocycles. The predicted molar refractivity (Wildman–Crippen MR) is 73.5 cm³/mol. The summed E-state index contributed by atoms with van der Waals surface area (Å²) in [6.45, 7) is 4.75. The standard InChI is InChI=1S/C14H26N2O3/c1-3-19-14(18)12-8-4-5-10-16(12)13(17)9-6-7-11(2)15/h11-12H,3-10,15H2,1-2H3. The third-order valence-electron chi connectivity index (χ3n) is 3.43. The molecule has 0 aromatic rings. The van der Waals surface area contributed by atoms with Crippen molar-refractivity contribution in [3.8, 4) is 0 Å². The maximum absolute atomic E-state index is 12.2. The lowest BCUT2D eigenvalue weighted by atomic mass is 10.0. The van der Waals surface area contributed by atoms with Crippen LogP contribution < -0.4 is 5.73 Å². The zero-order valence-electron chi connectivity index (χ0n) is 12.1. The van der Waals surface area contributed by atoms with Crippen LogP contribution in [0.3, 0.4) is 0 Å². The molecule has 110 valence electrons. The van der Waals surface area contributed by atoms with Crippen LogP contribution >= 0.6 is 0 Å². The second kappa shape index (κ2) is 8.15. The van der Waals surface area contributed by atoms with E-state index >= 15 is 0 Å². The smallest absolute Gasteiger partial charge is 0.328 e. The number of rotatable bonds is 6. The van der Waals surface area contributed by atoms with Gasteiger partial charge in [0.15, 0.2) is 0 Å². The van der Waals surface area contributed by atoms with Gasteiger partial charge < -0.3 is 15.4 Å². The number of likely N-dealkylation sites (tertiary alicyclic amines) is 1. The number of hydrogen-bond acceptors (Lipinski definition) is 4. The Bertz CT molecular complexity index is 305. The lowest BCUT2D eigenvalue weighted by Crippen LogP contribution is -2.48. The van der Waals surface area contributed by atoms with E-state index in [0.717, 1.165) is 32.1 Å². The highest BCUT2D eigenvalue weighted by Gasteiger charge is 2.32. The van der Waals surface area contributed by atoms with E-state index in [-0.39, 0.29) is 24.0 Å². The Morgan fingerprint density at radius 3 is 2.79 bits per heavy atom. The number of carbonyl (C=O) groups is 2. The van der Waals surface area contributed by atoms with E-state index < -0.39 is 0 Å². The molecule has 0 radical (unpaired) electrons. The fraction of sp³-hybridized carbons (Fsp3) is 0.857. The molecule has 2 N–H and O–H groups in total. The number of carbonyl (C=O) groups excluding carboxylic acids is 2. The average molecular weight is 270 g/mol. The molecule has 1 aliphatic rings. The normalized spacial score (nSPS) is 21.0. The van der Waals surface area contributed by atoms with Crippen LogP contribution in [0.2, 0.25) is 0 Å². The van der Waals surface area contributed by atoms with Crippen LogP contribution in [-0.4, -0.2) is 42.0 Å². The summed E-state index contributed by atoms with van der Waals surface area (Å²) in [5.74, 6) is -0.207. The first-order valence-corrected chi connectivity index (χ1v) is 7.28. The fourth-order valence-electron chi connectivity index (χ4n) is 2.43. The lowest BCUT2D eigenvalue weighted by molar-refractivity contribution is -0.156. The van der Waals surface area contributed by atoms with Crippen LogP contribution in [-0.2, 0) is 14.3 Å². The van der Waals surface area contributed by atoms with Crippen molar-refractivity contribution in [3.05, 3.63) is 0 Å². The van der Waals surface area contributed by atoms with Gasteiger partial charge in [0, 0.05) is 19.0 Å². The van der Waals surface area contributed by atoms with Gasteiger partial charge >= 0.3 is 5.97 Å². The van der Waals surface area contributed by atoms with Crippen LogP contribution in [0.5, 0.6) is 0 Å². The molecule has 1 aliphatic heterocycles. The van der Waals surface area contributed by atoms with Crippen LogP contribution in [0.4, 0.5) is 0 Å². The minimum absolute atomic E-state index is 0.0541. The Morgan fingerprint density at radius 2 is 2.16 bits per heavy atom. The van der Waals surface area contributed by atoms with Crippen molar-refractivity contribution < 1.29 is 14.3 Å². The van der Waals surface area contributed by atoms with Crippen LogP contribution in [0, 0.1) is 0 Å². The highest BCUT2D eigenvalue weighted by atomic mass is 16.5. The molecule has 2 unspecified atom stereocenters. The highest BCUT2D eigenvalue weighted by molar-refractivity contribution is 5.84. The molecule has 1 saturated heterocycles. The van der Waals surface area contributed by atoms with Gasteiger partial charge in [-0.3, -0.25) is 4.79 Å². The molecule has 0 spiro atoms. The average Bonchev–Trinajstić information content (AvgIpc) is 2.38. The first-order chi connectivity index (χ1) is 9.06. The predicted octanol–water partition coefficient (Wildman–Crippen LogP) is 1.45. The summed E-state index contributed by atoms with van der Waals surface area (Å²) in [5.41, 5.74) is 5.67. The van der Waals surface area contributed by atoms with Crippen LogP contribution in [0.1, 0.15) is 52.4 Å². The molecular weight excluding hydrogens is 244 g/mol. The summed E-state index contributed by atoms with van der Waals surface area (Å²) < 4.78 is 5.05.